The van der Waals surface area contributed by atoms with Crippen LogP contribution in [0.4, 0.5) is 0 Å². The quantitative estimate of drug-likeness (QED) is 0.863. The average Bonchev–Trinajstić information content (AvgIpc) is 2.85. The molecule has 1 N–H and O–H groups in total. The fourth-order valence-corrected chi connectivity index (χ4v) is 4.78. The van der Waals surface area contributed by atoms with Crippen molar-refractivity contribution in [1.29, 1.82) is 0 Å². The molecule has 3 nitrogen and oxygen atoms in total. The highest BCUT2D eigenvalue weighted by atomic mass is 15.2. The first kappa shape index (κ1) is 15.8. The molecule has 0 aromatic heterocycles. The molecule has 0 amide bonds. The minimum Gasteiger partial charge on any atom is -0.310 e. The molecule has 1 saturated carbocycles. The molecular weight excluding hydrogens is 258 g/mol. The van der Waals surface area contributed by atoms with Crippen molar-refractivity contribution >= 4 is 0 Å². The average molecular weight is 293 g/mol. The fraction of sp³-hybridized carbons (Fsp3) is 1.00. The van der Waals surface area contributed by atoms with E-state index in [0.717, 1.165) is 12.0 Å². The summed E-state index contributed by atoms with van der Waals surface area (Å²) in [6.07, 6.45) is 9.89. The van der Waals surface area contributed by atoms with Gasteiger partial charge in [-0.2, -0.15) is 0 Å². The van der Waals surface area contributed by atoms with Crippen molar-refractivity contribution < 1.29 is 0 Å². The third-order valence-corrected chi connectivity index (χ3v) is 6.05. The van der Waals surface area contributed by atoms with Crippen LogP contribution >= 0.6 is 0 Å². The van der Waals surface area contributed by atoms with E-state index in [1.165, 1.54) is 84.2 Å². The summed E-state index contributed by atoms with van der Waals surface area (Å²) in [7, 11) is 0. The van der Waals surface area contributed by atoms with Crippen molar-refractivity contribution in [2.75, 3.05) is 39.3 Å². The molecule has 0 aromatic carbocycles. The van der Waals surface area contributed by atoms with Crippen LogP contribution in [0.1, 0.15) is 58.8 Å². The highest BCUT2D eigenvalue weighted by Crippen LogP contribution is 2.31. The zero-order valence-electron chi connectivity index (χ0n) is 14.2. The van der Waals surface area contributed by atoms with E-state index in [1.54, 1.807) is 0 Å². The largest absolute Gasteiger partial charge is 0.310 e. The Labute approximate surface area is 131 Å². The molecule has 3 heteroatoms. The molecule has 1 atom stereocenters. The maximum Gasteiger partial charge on any atom is 0.0308 e. The molecule has 0 bridgehead atoms. The standard InChI is InChI=1S/C18H35N3/c1-16(2)21-12-7-17(14-21)13-20-11-6-10-19-18(15-20)8-4-3-5-9-18/h16-17,19H,3-15H2,1-2H3. The van der Waals surface area contributed by atoms with Gasteiger partial charge in [0.1, 0.15) is 0 Å². The van der Waals surface area contributed by atoms with E-state index in [1.807, 2.05) is 0 Å². The van der Waals surface area contributed by atoms with Gasteiger partial charge in [-0.05, 0) is 65.1 Å². The van der Waals surface area contributed by atoms with Crippen LogP contribution in [0.3, 0.4) is 0 Å². The first-order chi connectivity index (χ1) is 10.2. The lowest BCUT2D eigenvalue weighted by molar-refractivity contribution is 0.147. The van der Waals surface area contributed by atoms with Gasteiger partial charge in [0.05, 0.1) is 0 Å². The van der Waals surface area contributed by atoms with Gasteiger partial charge < -0.3 is 15.1 Å². The van der Waals surface area contributed by atoms with E-state index in [-0.39, 0.29) is 0 Å². The Hall–Kier alpha value is -0.120. The van der Waals surface area contributed by atoms with Gasteiger partial charge >= 0.3 is 0 Å². The van der Waals surface area contributed by atoms with Crippen LogP contribution in [0.15, 0.2) is 0 Å². The van der Waals surface area contributed by atoms with E-state index in [0.29, 0.717) is 5.54 Å². The van der Waals surface area contributed by atoms with Gasteiger partial charge in [-0.3, -0.25) is 0 Å². The third-order valence-electron chi connectivity index (χ3n) is 6.05. The van der Waals surface area contributed by atoms with Crippen molar-refractivity contribution in [2.24, 2.45) is 5.92 Å². The van der Waals surface area contributed by atoms with Crippen LogP contribution in [0.2, 0.25) is 0 Å². The van der Waals surface area contributed by atoms with Crippen LogP contribution in [-0.4, -0.2) is 60.6 Å². The highest BCUT2D eigenvalue weighted by Gasteiger charge is 2.36. The van der Waals surface area contributed by atoms with Crippen molar-refractivity contribution in [3.63, 3.8) is 0 Å². The summed E-state index contributed by atoms with van der Waals surface area (Å²) >= 11 is 0. The smallest absolute Gasteiger partial charge is 0.0308 e. The number of hydrogen-bond acceptors (Lipinski definition) is 3. The zero-order valence-corrected chi connectivity index (χ0v) is 14.2. The van der Waals surface area contributed by atoms with Crippen molar-refractivity contribution in [3.8, 4) is 0 Å². The molecule has 1 spiro atoms. The Morgan fingerprint density at radius 1 is 1.10 bits per heavy atom. The molecular formula is C18H35N3. The van der Waals surface area contributed by atoms with Gasteiger partial charge in [-0.15, -0.1) is 0 Å². The summed E-state index contributed by atoms with van der Waals surface area (Å²) in [6.45, 7) is 12.5. The molecule has 2 aliphatic heterocycles. The molecule has 2 heterocycles. The Morgan fingerprint density at radius 3 is 2.62 bits per heavy atom. The number of rotatable bonds is 3. The normalized spacial score (nSPS) is 31.9. The molecule has 3 aliphatic rings. The van der Waals surface area contributed by atoms with Gasteiger partial charge in [-0.1, -0.05) is 19.3 Å². The second-order valence-corrected chi connectivity index (χ2v) is 8.10. The minimum atomic E-state index is 0.463. The Balaban J connectivity index is 1.54. The van der Waals surface area contributed by atoms with Crippen LogP contribution < -0.4 is 5.32 Å². The fourth-order valence-electron chi connectivity index (χ4n) is 4.78. The van der Waals surface area contributed by atoms with Crippen molar-refractivity contribution in [1.82, 2.24) is 15.1 Å². The summed E-state index contributed by atoms with van der Waals surface area (Å²) in [5.74, 6) is 0.908. The van der Waals surface area contributed by atoms with Crippen LogP contribution in [0, 0.1) is 5.92 Å². The number of likely N-dealkylation sites (tertiary alicyclic amines) is 1. The summed E-state index contributed by atoms with van der Waals surface area (Å²) in [5.41, 5.74) is 0.463. The number of hydrogen-bond donors (Lipinski definition) is 1. The molecule has 21 heavy (non-hydrogen) atoms. The van der Waals surface area contributed by atoms with Crippen LogP contribution in [-0.2, 0) is 0 Å². The first-order valence-electron chi connectivity index (χ1n) is 9.38. The maximum atomic E-state index is 3.93. The predicted octanol–water partition coefficient (Wildman–Crippen LogP) is 2.71. The zero-order chi connectivity index (χ0) is 14.7. The summed E-state index contributed by atoms with van der Waals surface area (Å²) in [6, 6.07) is 0.727. The minimum absolute atomic E-state index is 0.463. The molecule has 3 fully saturated rings. The first-order valence-corrected chi connectivity index (χ1v) is 9.38. The predicted molar refractivity (Wildman–Crippen MR) is 89.7 cm³/mol. The van der Waals surface area contributed by atoms with Gasteiger partial charge in [-0.25, -0.2) is 0 Å². The SMILES string of the molecule is CC(C)N1CCC(CN2CCCNC3(CCCCC3)C2)C1. The lowest BCUT2D eigenvalue weighted by Crippen LogP contribution is -2.53. The van der Waals surface area contributed by atoms with E-state index in [4.69, 9.17) is 0 Å². The Bertz CT molecular complexity index is 322. The lowest BCUT2D eigenvalue weighted by atomic mass is 9.81. The summed E-state index contributed by atoms with van der Waals surface area (Å²) in [5, 5.41) is 3.93. The van der Waals surface area contributed by atoms with Crippen molar-refractivity contribution in [3.05, 3.63) is 0 Å². The molecule has 3 rings (SSSR count). The second kappa shape index (κ2) is 6.97. The summed E-state index contributed by atoms with van der Waals surface area (Å²) < 4.78 is 0. The van der Waals surface area contributed by atoms with Crippen molar-refractivity contribution in [2.45, 2.75) is 70.4 Å². The van der Waals surface area contributed by atoms with E-state index in [2.05, 4.69) is 29.0 Å². The van der Waals surface area contributed by atoms with Gasteiger partial charge in [0.25, 0.3) is 0 Å². The Morgan fingerprint density at radius 2 is 1.90 bits per heavy atom. The topological polar surface area (TPSA) is 18.5 Å². The van der Waals surface area contributed by atoms with E-state index in [9.17, 15) is 0 Å². The van der Waals surface area contributed by atoms with E-state index < -0.39 is 0 Å². The molecule has 0 radical (unpaired) electrons. The maximum absolute atomic E-state index is 3.93. The number of nitrogens with zero attached hydrogens (tertiary/aromatic N) is 2. The van der Waals surface area contributed by atoms with Crippen LogP contribution in [0.25, 0.3) is 0 Å². The monoisotopic (exact) mass is 293 g/mol. The Kier molecular flexibility index (Phi) is 5.23. The molecule has 0 aromatic rings. The molecule has 2 saturated heterocycles. The number of nitrogens with one attached hydrogen (secondary N) is 1. The van der Waals surface area contributed by atoms with Gasteiger partial charge in [0.2, 0.25) is 0 Å². The third kappa shape index (κ3) is 4.00. The van der Waals surface area contributed by atoms with Gasteiger partial charge in [0, 0.05) is 31.2 Å². The molecule has 122 valence electrons. The van der Waals surface area contributed by atoms with E-state index >= 15 is 0 Å². The molecule has 1 aliphatic carbocycles. The summed E-state index contributed by atoms with van der Waals surface area (Å²) in [4.78, 5) is 5.47. The second-order valence-electron chi connectivity index (χ2n) is 8.10. The van der Waals surface area contributed by atoms with Gasteiger partial charge in [0.15, 0.2) is 0 Å². The highest BCUT2D eigenvalue weighted by molar-refractivity contribution is 4.96. The van der Waals surface area contributed by atoms with Crippen LogP contribution in [0.5, 0.6) is 0 Å². The molecule has 1 unspecified atom stereocenters. The lowest BCUT2D eigenvalue weighted by Gasteiger charge is -2.40.